The van der Waals surface area contributed by atoms with Gasteiger partial charge in [0.25, 0.3) is 11.8 Å². The Morgan fingerprint density at radius 2 is 0.923 bits per heavy atom. The zero-order chi connectivity index (χ0) is 47.3. The summed E-state index contributed by atoms with van der Waals surface area (Å²) in [6, 6.07) is 1.80. The fourth-order valence-corrected chi connectivity index (χ4v) is 5.62. The number of benzene rings is 2. The Morgan fingerprint density at radius 3 is 1.22 bits per heavy atom. The van der Waals surface area contributed by atoms with E-state index in [2.05, 4.69) is 10.6 Å². The SMILES string of the molecule is COC(=O)c1c(OC)c(=O)c(C(=O)NCc2c(F)cc(F)cc2F)cn1CC(OC)OC.COc1c(C(=O)O)n(CC(OC)OC)cc(C(=O)NCc2c(F)cc(F)cc2F)c1=O.[Li+].[OH-]. The van der Waals surface area contributed by atoms with Crippen molar-refractivity contribution >= 4 is 23.8 Å². The van der Waals surface area contributed by atoms with E-state index in [-0.39, 0.29) is 43.1 Å². The monoisotopic (exact) mass is 926 g/mol. The summed E-state index contributed by atoms with van der Waals surface area (Å²) in [4.78, 5) is 74.5. The van der Waals surface area contributed by atoms with Gasteiger partial charge in [0.2, 0.25) is 10.9 Å². The maximum absolute atomic E-state index is 13.8. The van der Waals surface area contributed by atoms with E-state index in [1.807, 2.05) is 0 Å². The van der Waals surface area contributed by atoms with Crippen LogP contribution in [0.4, 0.5) is 26.3 Å². The Bertz CT molecular complexity index is 2420. The Balaban J connectivity index is 0.000000631. The standard InChI is InChI=1S/C20H21F3N2O7.C19H19F3N2O7.Li.H2O/c1-29-15(30-2)9-25-8-12(17(26)18(31-3)16(25)20(28)32-4)19(27)24-7-11-13(22)5-10(21)6-14(11)23;1-29-14(30-2)8-24-7-11(16(25)17(31-3)15(24)19(27)28)18(26)23-6-10-12(21)4-9(20)5-13(10)22;;/h5-6,8,15H,7,9H2,1-4H3,(H,24,27);4-5,7,14H,6,8H2,1-3H3,(H,23,26)(H,27,28);;1H2/q;;+1;/p-1. The van der Waals surface area contributed by atoms with Crippen molar-refractivity contribution in [1.82, 2.24) is 19.8 Å². The van der Waals surface area contributed by atoms with E-state index in [4.69, 9.17) is 33.2 Å². The molecule has 19 nitrogen and oxygen atoms in total. The van der Waals surface area contributed by atoms with Crippen LogP contribution in [0.2, 0.25) is 0 Å². The number of amides is 2. The molecule has 2 amide bonds. The Hall–Kier alpha value is -6.20. The molecule has 0 aliphatic rings. The number of nitrogens with one attached hydrogen (secondary N) is 2. The molecule has 0 saturated carbocycles. The number of halogens is 6. The predicted octanol–water partition coefficient (Wildman–Crippen LogP) is -0.0418. The quantitative estimate of drug-likeness (QED) is 0.0513. The second-order valence-electron chi connectivity index (χ2n) is 12.5. The Morgan fingerprint density at radius 1 is 0.600 bits per heavy atom. The van der Waals surface area contributed by atoms with Crippen molar-refractivity contribution in [1.29, 1.82) is 0 Å². The number of aromatic nitrogens is 2. The second-order valence-corrected chi connectivity index (χ2v) is 12.5. The summed E-state index contributed by atoms with van der Waals surface area (Å²) < 4.78 is 118. The average Bonchev–Trinajstić information content (AvgIpc) is 3.23. The van der Waals surface area contributed by atoms with Gasteiger partial charge in [0.1, 0.15) is 46.0 Å². The number of pyridine rings is 2. The third-order valence-electron chi connectivity index (χ3n) is 8.76. The first-order valence-corrected chi connectivity index (χ1v) is 17.7. The summed E-state index contributed by atoms with van der Waals surface area (Å²) in [5.74, 6) is -12.8. The number of aromatic carboxylic acids is 1. The Kier molecular flexibility index (Phi) is 22.7. The van der Waals surface area contributed by atoms with E-state index in [9.17, 15) is 60.2 Å². The van der Waals surface area contributed by atoms with E-state index in [1.165, 1.54) is 28.4 Å². The van der Waals surface area contributed by atoms with E-state index >= 15 is 0 Å². The molecule has 4 rings (SSSR count). The molecule has 0 spiro atoms. The van der Waals surface area contributed by atoms with E-state index in [0.29, 0.717) is 24.3 Å². The van der Waals surface area contributed by atoms with Crippen LogP contribution in [-0.4, -0.2) is 106 Å². The zero-order valence-corrected chi connectivity index (χ0v) is 35.8. The van der Waals surface area contributed by atoms with Gasteiger partial charge in [-0.15, -0.1) is 0 Å². The molecule has 4 N–H and O–H groups in total. The molecular formula is C39H41F6LiN4O15. The van der Waals surface area contributed by atoms with Crippen LogP contribution in [0.5, 0.6) is 11.5 Å². The van der Waals surface area contributed by atoms with Gasteiger partial charge < -0.3 is 63.5 Å². The number of ether oxygens (including phenoxy) is 7. The van der Waals surface area contributed by atoms with Crippen LogP contribution >= 0.6 is 0 Å². The molecule has 0 fully saturated rings. The molecule has 0 aliphatic heterocycles. The molecule has 0 atom stereocenters. The van der Waals surface area contributed by atoms with Gasteiger partial charge in [-0.3, -0.25) is 19.2 Å². The number of nitrogens with zero attached hydrogens (tertiary/aromatic N) is 2. The molecule has 65 heavy (non-hydrogen) atoms. The molecule has 2 aromatic heterocycles. The van der Waals surface area contributed by atoms with E-state index < -0.39 is 135 Å². The van der Waals surface area contributed by atoms with Crippen molar-refractivity contribution in [2.24, 2.45) is 0 Å². The summed E-state index contributed by atoms with van der Waals surface area (Å²) in [5.41, 5.74) is -5.16. The summed E-state index contributed by atoms with van der Waals surface area (Å²) in [6.07, 6.45) is 0.175. The summed E-state index contributed by atoms with van der Waals surface area (Å²) in [5, 5.41) is 13.8. The first-order chi connectivity index (χ1) is 29.8. The number of esters is 1. The molecule has 4 aromatic rings. The third-order valence-corrected chi connectivity index (χ3v) is 8.76. The number of carbonyl (C=O) groups excluding carboxylic acids is 3. The molecule has 0 saturated heterocycles. The molecule has 0 bridgehead atoms. The number of rotatable bonds is 18. The number of carbonyl (C=O) groups is 4. The number of hydrogen-bond acceptors (Lipinski definition) is 14. The van der Waals surface area contributed by atoms with Gasteiger partial charge in [-0.1, -0.05) is 0 Å². The van der Waals surface area contributed by atoms with E-state index in [1.54, 1.807) is 0 Å². The smallest absolute Gasteiger partial charge is 0.870 e. The molecule has 26 heteroatoms. The minimum absolute atomic E-state index is 0. The van der Waals surface area contributed by atoms with Crippen LogP contribution in [0.15, 0.2) is 46.2 Å². The minimum Gasteiger partial charge on any atom is -0.870 e. The normalized spacial score (nSPS) is 10.6. The van der Waals surface area contributed by atoms with Crippen molar-refractivity contribution in [3.05, 3.63) is 126 Å². The van der Waals surface area contributed by atoms with Crippen LogP contribution in [-0.2, 0) is 49.9 Å². The van der Waals surface area contributed by atoms with Gasteiger partial charge in [-0.25, -0.2) is 35.9 Å². The third kappa shape index (κ3) is 13.9. The summed E-state index contributed by atoms with van der Waals surface area (Å²) >= 11 is 0. The zero-order valence-electron chi connectivity index (χ0n) is 35.8. The molecule has 350 valence electrons. The van der Waals surface area contributed by atoms with Crippen molar-refractivity contribution in [2.45, 2.75) is 38.8 Å². The average molecular weight is 927 g/mol. The maximum atomic E-state index is 13.8. The topological polar surface area (TPSA) is 251 Å². The molecule has 2 heterocycles. The second kappa shape index (κ2) is 25.9. The number of carboxylic acid groups (broad SMARTS) is 1. The minimum atomic E-state index is -1.51. The fourth-order valence-electron chi connectivity index (χ4n) is 5.62. The summed E-state index contributed by atoms with van der Waals surface area (Å²) in [7, 11) is 8.52. The largest absolute Gasteiger partial charge is 1.00 e. The van der Waals surface area contributed by atoms with Crippen molar-refractivity contribution in [3.8, 4) is 11.5 Å². The van der Waals surface area contributed by atoms with Gasteiger partial charge in [-0.2, -0.15) is 0 Å². The first kappa shape index (κ1) is 56.8. The van der Waals surface area contributed by atoms with Gasteiger partial charge >= 0.3 is 30.8 Å². The van der Waals surface area contributed by atoms with Crippen LogP contribution in [0.1, 0.15) is 52.8 Å². The van der Waals surface area contributed by atoms with Gasteiger partial charge in [0, 0.05) is 89.3 Å². The number of methoxy groups -OCH3 is 7. The van der Waals surface area contributed by atoms with Crippen molar-refractivity contribution in [3.63, 3.8) is 0 Å². The summed E-state index contributed by atoms with van der Waals surface area (Å²) in [6.45, 7) is -1.74. The molecule has 2 aromatic carbocycles. The van der Waals surface area contributed by atoms with Crippen LogP contribution < -0.4 is 49.8 Å². The van der Waals surface area contributed by atoms with Crippen LogP contribution in [0.25, 0.3) is 0 Å². The Labute approximate surface area is 376 Å². The predicted molar refractivity (Wildman–Crippen MR) is 205 cm³/mol. The number of carboxylic acids is 1. The van der Waals surface area contributed by atoms with Crippen LogP contribution in [0, 0.1) is 34.9 Å². The van der Waals surface area contributed by atoms with E-state index in [0.717, 1.165) is 42.9 Å². The molecule has 0 radical (unpaired) electrons. The molecule has 0 unspecified atom stereocenters. The van der Waals surface area contributed by atoms with Gasteiger partial charge in [0.15, 0.2) is 35.5 Å². The maximum Gasteiger partial charge on any atom is 1.00 e. The molecule has 0 aliphatic carbocycles. The number of hydrogen-bond donors (Lipinski definition) is 3. The first-order valence-electron chi connectivity index (χ1n) is 17.7. The van der Waals surface area contributed by atoms with Gasteiger partial charge in [-0.05, 0) is 0 Å². The van der Waals surface area contributed by atoms with Crippen LogP contribution in [0.3, 0.4) is 0 Å². The molecular weight excluding hydrogens is 885 g/mol. The van der Waals surface area contributed by atoms with Crippen molar-refractivity contribution in [2.75, 3.05) is 49.8 Å². The fraction of sp³-hybridized carbons (Fsp3) is 0.333. The van der Waals surface area contributed by atoms with Gasteiger partial charge in [0.05, 0.1) is 34.4 Å². The van der Waals surface area contributed by atoms with Crippen molar-refractivity contribution < 1.29 is 108 Å².